The average Bonchev–Trinajstić information content (AvgIpc) is 2.85. The third-order valence-corrected chi connectivity index (χ3v) is 6.14. The summed E-state index contributed by atoms with van der Waals surface area (Å²) < 4.78 is 15.0. The van der Waals surface area contributed by atoms with Gasteiger partial charge in [-0.15, -0.1) is 0 Å². The molecule has 4 rings (SSSR count). The van der Waals surface area contributed by atoms with Crippen LogP contribution in [0.5, 0.6) is 0 Å². The van der Waals surface area contributed by atoms with E-state index in [0.717, 1.165) is 30.2 Å². The van der Waals surface area contributed by atoms with Crippen LogP contribution in [-0.4, -0.2) is 0 Å². The van der Waals surface area contributed by atoms with Crippen molar-refractivity contribution in [1.82, 2.24) is 0 Å². The van der Waals surface area contributed by atoms with Gasteiger partial charge in [0.15, 0.2) is 0 Å². The van der Waals surface area contributed by atoms with Crippen LogP contribution in [0.15, 0.2) is 78.9 Å². The molecule has 4 aromatic carbocycles. The second-order valence-electron chi connectivity index (χ2n) is 8.71. The highest BCUT2D eigenvalue weighted by molar-refractivity contribution is 5.85. The van der Waals surface area contributed by atoms with Gasteiger partial charge in [0.05, 0.1) is 5.56 Å². The zero-order valence-electron chi connectivity index (χ0n) is 19.6. The molecule has 0 fully saturated rings. The third kappa shape index (κ3) is 5.71. The molecule has 166 valence electrons. The van der Waals surface area contributed by atoms with Crippen molar-refractivity contribution in [2.75, 3.05) is 0 Å². The van der Waals surface area contributed by atoms with E-state index in [9.17, 15) is 0 Å². The molecule has 0 spiro atoms. The van der Waals surface area contributed by atoms with Gasteiger partial charge >= 0.3 is 0 Å². The second kappa shape index (κ2) is 11.0. The predicted molar refractivity (Wildman–Crippen MR) is 139 cm³/mol. The summed E-state index contributed by atoms with van der Waals surface area (Å²) in [6.45, 7) is 4.39. The molecular weight excluding hydrogens is 403 g/mol. The molecule has 0 N–H and O–H groups in total. The van der Waals surface area contributed by atoms with Crippen molar-refractivity contribution in [1.29, 1.82) is 0 Å². The van der Waals surface area contributed by atoms with Gasteiger partial charge in [0.25, 0.3) is 0 Å². The van der Waals surface area contributed by atoms with Crippen molar-refractivity contribution in [3.8, 4) is 23.0 Å². The van der Waals surface area contributed by atoms with Crippen LogP contribution in [0.2, 0.25) is 0 Å². The molecule has 0 aliphatic heterocycles. The van der Waals surface area contributed by atoms with E-state index in [-0.39, 0.29) is 5.82 Å². The van der Waals surface area contributed by atoms with Gasteiger partial charge in [-0.2, -0.15) is 0 Å². The Labute approximate surface area is 197 Å². The van der Waals surface area contributed by atoms with E-state index < -0.39 is 0 Å². The zero-order valence-corrected chi connectivity index (χ0v) is 19.6. The average molecular weight is 435 g/mol. The first-order valence-electron chi connectivity index (χ1n) is 12.1. The molecule has 0 bridgehead atoms. The first kappa shape index (κ1) is 22.8. The highest BCUT2D eigenvalue weighted by Crippen LogP contribution is 2.24. The third-order valence-electron chi connectivity index (χ3n) is 6.14. The Morgan fingerprint density at radius 1 is 0.636 bits per heavy atom. The summed E-state index contributed by atoms with van der Waals surface area (Å²) in [6.07, 6.45) is 7.03. The molecule has 0 saturated heterocycles. The molecule has 0 radical (unpaired) electrons. The van der Waals surface area contributed by atoms with Crippen LogP contribution in [0, 0.1) is 17.7 Å². The largest absolute Gasteiger partial charge is 0.205 e. The lowest BCUT2D eigenvalue weighted by Crippen LogP contribution is -1.89. The lowest BCUT2D eigenvalue weighted by molar-refractivity contribution is 0.636. The van der Waals surface area contributed by atoms with Crippen molar-refractivity contribution in [2.24, 2.45) is 0 Å². The van der Waals surface area contributed by atoms with Gasteiger partial charge in [-0.1, -0.05) is 106 Å². The van der Waals surface area contributed by atoms with E-state index in [1.165, 1.54) is 41.5 Å². The minimum absolute atomic E-state index is 0.237. The van der Waals surface area contributed by atoms with Crippen LogP contribution in [0.3, 0.4) is 0 Å². The summed E-state index contributed by atoms with van der Waals surface area (Å²) in [5.41, 5.74) is 6.33. The van der Waals surface area contributed by atoms with Gasteiger partial charge in [-0.25, -0.2) is 4.39 Å². The van der Waals surface area contributed by atoms with E-state index in [1.807, 2.05) is 30.3 Å². The molecule has 0 aliphatic rings. The van der Waals surface area contributed by atoms with Crippen LogP contribution >= 0.6 is 0 Å². The molecular formula is C32H31F. The molecule has 1 heteroatoms. The van der Waals surface area contributed by atoms with E-state index in [0.29, 0.717) is 10.9 Å². The number of benzene rings is 4. The summed E-state index contributed by atoms with van der Waals surface area (Å²) in [7, 11) is 0. The highest BCUT2D eigenvalue weighted by atomic mass is 19.1. The fraction of sp³-hybridized carbons (Fsp3) is 0.250. The molecule has 0 saturated carbocycles. The lowest BCUT2D eigenvalue weighted by atomic mass is 10.00. The Hall–Kier alpha value is -3.37. The fourth-order valence-corrected chi connectivity index (χ4v) is 4.21. The number of halogens is 1. The van der Waals surface area contributed by atoms with Crippen LogP contribution in [-0.2, 0) is 12.8 Å². The Morgan fingerprint density at radius 3 is 2.03 bits per heavy atom. The second-order valence-corrected chi connectivity index (χ2v) is 8.71. The van der Waals surface area contributed by atoms with E-state index >= 15 is 4.39 Å². The Balaban J connectivity index is 1.48. The van der Waals surface area contributed by atoms with Crippen LogP contribution < -0.4 is 0 Å². The van der Waals surface area contributed by atoms with E-state index in [4.69, 9.17) is 0 Å². The van der Waals surface area contributed by atoms with Gasteiger partial charge in [-0.3, -0.25) is 0 Å². The maximum atomic E-state index is 15.0. The van der Waals surface area contributed by atoms with E-state index in [1.54, 1.807) is 6.07 Å². The van der Waals surface area contributed by atoms with Crippen LogP contribution in [0.25, 0.3) is 21.9 Å². The first-order valence-corrected chi connectivity index (χ1v) is 12.1. The van der Waals surface area contributed by atoms with Gasteiger partial charge in [0, 0.05) is 10.9 Å². The van der Waals surface area contributed by atoms with E-state index in [2.05, 4.69) is 68.2 Å². The maximum Gasteiger partial charge on any atom is 0.146 e. The topological polar surface area (TPSA) is 0 Å². The Morgan fingerprint density at radius 2 is 1.33 bits per heavy atom. The molecule has 0 unspecified atom stereocenters. The fourth-order valence-electron chi connectivity index (χ4n) is 4.21. The maximum absolute atomic E-state index is 15.0. The van der Waals surface area contributed by atoms with Crippen LogP contribution in [0.4, 0.5) is 4.39 Å². The normalized spacial score (nSPS) is 10.8. The summed E-state index contributed by atoms with van der Waals surface area (Å²) in [5, 5.41) is 1.57. The monoisotopic (exact) mass is 434 g/mol. The summed E-state index contributed by atoms with van der Waals surface area (Å²) in [6, 6.07) is 26.8. The molecule has 0 heterocycles. The molecule has 4 aromatic rings. The van der Waals surface area contributed by atoms with Crippen molar-refractivity contribution >= 4 is 10.8 Å². The summed E-state index contributed by atoms with van der Waals surface area (Å²) in [4.78, 5) is 0. The highest BCUT2D eigenvalue weighted by Gasteiger charge is 2.06. The smallest absolute Gasteiger partial charge is 0.146 e. The van der Waals surface area contributed by atoms with Gasteiger partial charge < -0.3 is 0 Å². The lowest BCUT2D eigenvalue weighted by Gasteiger charge is -2.05. The summed E-state index contributed by atoms with van der Waals surface area (Å²) >= 11 is 0. The number of fused-ring (bicyclic) bond motifs is 1. The van der Waals surface area contributed by atoms with Gasteiger partial charge in [-0.05, 0) is 65.1 Å². The van der Waals surface area contributed by atoms with Gasteiger partial charge in [0.2, 0.25) is 0 Å². The van der Waals surface area contributed by atoms with Gasteiger partial charge in [0.1, 0.15) is 5.82 Å². The Kier molecular flexibility index (Phi) is 7.59. The van der Waals surface area contributed by atoms with Crippen LogP contribution in [0.1, 0.15) is 61.8 Å². The summed E-state index contributed by atoms with van der Waals surface area (Å²) in [5.74, 6) is 5.91. The molecule has 0 aromatic heterocycles. The number of hydrogen-bond donors (Lipinski definition) is 0. The molecule has 0 atom stereocenters. The SMILES string of the molecule is CCCCCc1ccc(-c2ccc(C#Cc3ccc4cc(CCC)ccc4c3F)cc2)cc1. The standard InChI is InChI=1S/C32H31F/c1-3-5-6-8-24-9-15-27(16-10-24)28-17-11-25(12-18-28)13-19-29-20-21-30-23-26(7-4-2)14-22-31(30)32(29)33/h9-12,14-18,20-23H,3-8H2,1-2H3. The van der Waals surface area contributed by atoms with Crippen molar-refractivity contribution in [3.05, 3.63) is 107 Å². The number of rotatable bonds is 7. The number of unbranched alkanes of at least 4 members (excludes halogenated alkanes) is 2. The minimum atomic E-state index is -0.237. The zero-order chi connectivity index (χ0) is 23.0. The number of aryl methyl sites for hydroxylation is 2. The van der Waals surface area contributed by atoms with Crippen molar-refractivity contribution in [3.63, 3.8) is 0 Å². The molecule has 0 amide bonds. The quantitative estimate of drug-likeness (QED) is 0.201. The van der Waals surface area contributed by atoms with Crippen molar-refractivity contribution in [2.45, 2.75) is 52.4 Å². The predicted octanol–water partition coefficient (Wildman–Crippen LogP) is 8.73. The molecule has 0 nitrogen and oxygen atoms in total. The first-order chi connectivity index (χ1) is 16.2. The molecule has 33 heavy (non-hydrogen) atoms. The minimum Gasteiger partial charge on any atom is -0.205 e. The number of hydrogen-bond acceptors (Lipinski definition) is 0. The Bertz CT molecular complexity index is 1270. The molecule has 0 aliphatic carbocycles. The van der Waals surface area contributed by atoms with Crippen molar-refractivity contribution < 1.29 is 4.39 Å².